The lowest BCUT2D eigenvalue weighted by Gasteiger charge is -2.26. The average Bonchev–Trinajstić information content (AvgIpc) is 2.37. The van der Waals surface area contributed by atoms with Crippen molar-refractivity contribution in [3.05, 3.63) is 29.6 Å². The van der Waals surface area contributed by atoms with Crippen molar-refractivity contribution < 1.29 is 19.1 Å². The van der Waals surface area contributed by atoms with Crippen LogP contribution in [0, 0.1) is 5.82 Å². The third-order valence-corrected chi connectivity index (χ3v) is 2.80. The number of carboxylic acid groups (broad SMARTS) is 1. The minimum absolute atomic E-state index is 0.0225. The van der Waals surface area contributed by atoms with Crippen molar-refractivity contribution in [3.8, 4) is 0 Å². The van der Waals surface area contributed by atoms with Crippen LogP contribution in [0.2, 0.25) is 0 Å². The second kappa shape index (κ2) is 6.88. The summed E-state index contributed by atoms with van der Waals surface area (Å²) in [7, 11) is 0. The molecule has 2 amide bonds. The predicted molar refractivity (Wildman–Crippen MR) is 74.5 cm³/mol. The van der Waals surface area contributed by atoms with Crippen LogP contribution in [-0.2, 0) is 0 Å². The van der Waals surface area contributed by atoms with E-state index >= 15 is 0 Å². The van der Waals surface area contributed by atoms with Gasteiger partial charge in [-0.05, 0) is 38.5 Å². The van der Waals surface area contributed by atoms with E-state index in [0.717, 1.165) is 18.6 Å². The van der Waals surface area contributed by atoms with E-state index in [-0.39, 0.29) is 17.8 Å². The topological polar surface area (TPSA) is 69.6 Å². The van der Waals surface area contributed by atoms with Crippen molar-refractivity contribution in [2.45, 2.75) is 33.2 Å². The van der Waals surface area contributed by atoms with Crippen molar-refractivity contribution in [2.75, 3.05) is 11.9 Å². The smallest absolute Gasteiger partial charge is 0.338 e. The van der Waals surface area contributed by atoms with Gasteiger partial charge in [-0.15, -0.1) is 0 Å². The lowest BCUT2D eigenvalue weighted by molar-refractivity contribution is 0.0692. The van der Waals surface area contributed by atoms with Gasteiger partial charge in [0.15, 0.2) is 0 Å². The van der Waals surface area contributed by atoms with Crippen LogP contribution in [0.3, 0.4) is 0 Å². The number of carbonyl (C=O) groups is 2. The zero-order valence-corrected chi connectivity index (χ0v) is 11.8. The van der Waals surface area contributed by atoms with E-state index in [2.05, 4.69) is 5.32 Å². The van der Waals surface area contributed by atoms with E-state index in [9.17, 15) is 14.0 Å². The van der Waals surface area contributed by atoms with Gasteiger partial charge in [-0.25, -0.2) is 14.0 Å². The maximum atomic E-state index is 13.3. The summed E-state index contributed by atoms with van der Waals surface area (Å²) in [4.78, 5) is 24.6. The van der Waals surface area contributed by atoms with Crippen LogP contribution in [0.1, 0.15) is 37.6 Å². The van der Waals surface area contributed by atoms with Crippen LogP contribution in [0.25, 0.3) is 0 Å². The van der Waals surface area contributed by atoms with Gasteiger partial charge in [0, 0.05) is 18.3 Å². The van der Waals surface area contributed by atoms with Crippen molar-refractivity contribution >= 4 is 17.7 Å². The third-order valence-electron chi connectivity index (χ3n) is 2.80. The molecule has 1 aromatic rings. The summed E-state index contributed by atoms with van der Waals surface area (Å²) in [6.45, 7) is 6.34. The first-order valence-corrected chi connectivity index (χ1v) is 6.47. The molecule has 0 aliphatic heterocycles. The molecule has 110 valence electrons. The minimum Gasteiger partial charge on any atom is -0.478 e. The van der Waals surface area contributed by atoms with Crippen molar-refractivity contribution in [1.29, 1.82) is 0 Å². The number of carboxylic acids is 1. The molecule has 0 bridgehead atoms. The molecule has 2 N–H and O–H groups in total. The Morgan fingerprint density at radius 3 is 2.55 bits per heavy atom. The zero-order valence-electron chi connectivity index (χ0n) is 11.8. The first-order chi connectivity index (χ1) is 9.36. The van der Waals surface area contributed by atoms with Gasteiger partial charge < -0.3 is 15.3 Å². The van der Waals surface area contributed by atoms with E-state index in [1.54, 1.807) is 4.90 Å². The average molecular weight is 282 g/mol. The van der Waals surface area contributed by atoms with Gasteiger partial charge in [0.25, 0.3) is 0 Å². The van der Waals surface area contributed by atoms with Crippen LogP contribution in [0.15, 0.2) is 18.2 Å². The minimum atomic E-state index is -1.37. The van der Waals surface area contributed by atoms with Crippen LogP contribution in [-0.4, -0.2) is 34.6 Å². The molecule has 0 spiro atoms. The summed E-state index contributed by atoms with van der Waals surface area (Å²) in [6.07, 6.45) is 0.815. The molecule has 0 aliphatic carbocycles. The Morgan fingerprint density at radius 1 is 1.40 bits per heavy atom. The summed E-state index contributed by atoms with van der Waals surface area (Å²) in [5, 5.41) is 11.4. The number of rotatable bonds is 5. The highest BCUT2D eigenvalue weighted by Gasteiger charge is 2.17. The van der Waals surface area contributed by atoms with E-state index in [1.165, 1.54) is 6.07 Å². The van der Waals surface area contributed by atoms with Gasteiger partial charge >= 0.3 is 12.0 Å². The lowest BCUT2D eigenvalue weighted by Crippen LogP contribution is -2.40. The number of nitrogens with one attached hydrogen (secondary N) is 1. The molecule has 5 nitrogen and oxygen atoms in total. The molecule has 0 unspecified atom stereocenters. The molecule has 0 aromatic heterocycles. The van der Waals surface area contributed by atoms with Crippen molar-refractivity contribution in [1.82, 2.24) is 4.90 Å². The summed E-state index contributed by atoms with van der Waals surface area (Å²) in [5.41, 5.74) is -0.204. The number of aromatic carboxylic acids is 1. The number of amides is 2. The van der Waals surface area contributed by atoms with Gasteiger partial charge in [-0.3, -0.25) is 0 Å². The largest absolute Gasteiger partial charge is 0.478 e. The Bertz CT molecular complexity index is 503. The van der Waals surface area contributed by atoms with Gasteiger partial charge in [-0.2, -0.15) is 0 Å². The highest BCUT2D eigenvalue weighted by molar-refractivity contribution is 5.93. The molecular weight excluding hydrogens is 263 g/mol. The Morgan fingerprint density at radius 2 is 2.05 bits per heavy atom. The second-order valence-corrected chi connectivity index (χ2v) is 4.72. The zero-order chi connectivity index (χ0) is 15.3. The number of nitrogens with zero attached hydrogens (tertiary/aromatic N) is 1. The van der Waals surface area contributed by atoms with Crippen LogP contribution < -0.4 is 5.32 Å². The molecule has 20 heavy (non-hydrogen) atoms. The molecule has 0 atom stereocenters. The molecule has 0 aliphatic rings. The van der Waals surface area contributed by atoms with Crippen LogP contribution in [0.5, 0.6) is 0 Å². The number of carbonyl (C=O) groups excluding carboxylic acids is 1. The van der Waals surface area contributed by atoms with E-state index in [0.29, 0.717) is 6.54 Å². The number of hydrogen-bond acceptors (Lipinski definition) is 2. The van der Waals surface area contributed by atoms with Crippen molar-refractivity contribution in [3.63, 3.8) is 0 Å². The third kappa shape index (κ3) is 3.94. The van der Waals surface area contributed by atoms with Crippen LogP contribution >= 0.6 is 0 Å². The van der Waals surface area contributed by atoms with E-state index in [4.69, 9.17) is 5.11 Å². The standard InChI is InChI=1S/C14H19FN2O3/c1-4-7-17(9(2)3)14(20)16-10-5-6-12(15)11(8-10)13(18)19/h5-6,8-9H,4,7H2,1-3H3,(H,16,20)(H,18,19). The predicted octanol–water partition coefficient (Wildman–Crippen LogP) is 3.18. The SMILES string of the molecule is CCCN(C(=O)Nc1ccc(F)c(C(=O)O)c1)C(C)C. The first-order valence-electron chi connectivity index (χ1n) is 6.47. The molecular formula is C14H19FN2O3. The molecule has 0 radical (unpaired) electrons. The highest BCUT2D eigenvalue weighted by Crippen LogP contribution is 2.16. The Labute approximate surface area is 117 Å². The second-order valence-electron chi connectivity index (χ2n) is 4.72. The molecule has 1 rings (SSSR count). The summed E-state index contributed by atoms with van der Waals surface area (Å²) in [5.74, 6) is -2.20. The van der Waals surface area contributed by atoms with Crippen LogP contribution in [0.4, 0.5) is 14.9 Å². The lowest BCUT2D eigenvalue weighted by atomic mass is 10.2. The maximum absolute atomic E-state index is 13.3. The molecule has 0 saturated carbocycles. The normalized spacial score (nSPS) is 10.4. The fraction of sp³-hybridized carbons (Fsp3) is 0.429. The Kier molecular flexibility index (Phi) is 5.49. The number of benzene rings is 1. The van der Waals surface area contributed by atoms with E-state index in [1.807, 2.05) is 20.8 Å². The maximum Gasteiger partial charge on any atom is 0.338 e. The fourth-order valence-corrected chi connectivity index (χ4v) is 1.80. The Balaban J connectivity index is 2.89. The molecule has 0 saturated heterocycles. The first kappa shape index (κ1) is 15.9. The van der Waals surface area contributed by atoms with Gasteiger partial charge in [-0.1, -0.05) is 6.92 Å². The van der Waals surface area contributed by atoms with Gasteiger partial charge in [0.2, 0.25) is 0 Å². The molecule has 1 aromatic carbocycles. The van der Waals surface area contributed by atoms with Crippen molar-refractivity contribution in [2.24, 2.45) is 0 Å². The quantitative estimate of drug-likeness (QED) is 0.871. The number of halogens is 1. The number of urea groups is 1. The highest BCUT2D eigenvalue weighted by atomic mass is 19.1. The number of hydrogen-bond donors (Lipinski definition) is 2. The summed E-state index contributed by atoms with van der Waals surface area (Å²) in [6, 6.07) is 3.17. The fourth-order valence-electron chi connectivity index (χ4n) is 1.80. The molecule has 0 fully saturated rings. The Hall–Kier alpha value is -2.11. The van der Waals surface area contributed by atoms with E-state index < -0.39 is 17.3 Å². The summed E-state index contributed by atoms with van der Waals surface area (Å²) >= 11 is 0. The number of anilines is 1. The summed E-state index contributed by atoms with van der Waals surface area (Å²) < 4.78 is 13.3. The van der Waals surface area contributed by atoms with Gasteiger partial charge in [0.1, 0.15) is 5.82 Å². The van der Waals surface area contributed by atoms with Gasteiger partial charge in [0.05, 0.1) is 5.56 Å². The monoisotopic (exact) mass is 282 g/mol. The molecule has 0 heterocycles. The molecule has 6 heteroatoms.